The van der Waals surface area contributed by atoms with Gasteiger partial charge in [0.05, 0.1) is 5.69 Å². The fourth-order valence-corrected chi connectivity index (χ4v) is 2.28. The molecule has 2 aromatic heterocycles. The van der Waals surface area contributed by atoms with E-state index in [1.54, 1.807) is 7.05 Å². The number of carboxylic acids is 1. The number of halogens is 1. The Bertz CT molecular complexity index is 788. The van der Waals surface area contributed by atoms with Crippen molar-refractivity contribution in [2.75, 3.05) is 0 Å². The summed E-state index contributed by atoms with van der Waals surface area (Å²) in [6, 6.07) is 8.97. The van der Waals surface area contributed by atoms with Gasteiger partial charge < -0.3 is 10.1 Å². The molecule has 0 radical (unpaired) electrons. The van der Waals surface area contributed by atoms with Gasteiger partial charge in [-0.05, 0) is 18.2 Å². The number of nitrogens with one attached hydrogen (secondary N) is 1. The first-order valence-corrected chi connectivity index (χ1v) is 5.99. The summed E-state index contributed by atoms with van der Waals surface area (Å²) in [5.41, 5.74) is 2.35. The maximum absolute atomic E-state index is 11.0. The Morgan fingerprint density at radius 1 is 1.42 bits per heavy atom. The van der Waals surface area contributed by atoms with Crippen molar-refractivity contribution in [3.05, 3.63) is 41.0 Å². The molecule has 6 heteroatoms. The Kier molecular flexibility index (Phi) is 2.57. The molecule has 2 N–H and O–H groups in total. The Morgan fingerprint density at radius 2 is 2.21 bits per heavy atom. The van der Waals surface area contributed by atoms with E-state index in [0.29, 0.717) is 10.7 Å². The maximum Gasteiger partial charge on any atom is 0.354 e. The van der Waals surface area contributed by atoms with Crippen LogP contribution in [0.25, 0.3) is 22.3 Å². The smallest absolute Gasteiger partial charge is 0.354 e. The lowest BCUT2D eigenvalue weighted by molar-refractivity contribution is 0.0685. The van der Waals surface area contributed by atoms with Crippen molar-refractivity contribution in [3.63, 3.8) is 0 Å². The van der Waals surface area contributed by atoms with Gasteiger partial charge in [0, 0.05) is 29.0 Å². The molecular weight excluding hydrogens is 266 g/mol. The number of rotatable bonds is 2. The number of hydrogen-bond donors (Lipinski definition) is 2. The normalized spacial score (nSPS) is 11.1. The van der Waals surface area contributed by atoms with Crippen molar-refractivity contribution in [1.82, 2.24) is 14.8 Å². The number of carbonyl (C=O) groups is 1. The van der Waals surface area contributed by atoms with Crippen LogP contribution in [0.15, 0.2) is 30.3 Å². The van der Waals surface area contributed by atoms with E-state index in [9.17, 15) is 4.79 Å². The van der Waals surface area contributed by atoms with Gasteiger partial charge in [0.15, 0.2) is 0 Å². The first-order chi connectivity index (χ1) is 9.06. The van der Waals surface area contributed by atoms with Crippen molar-refractivity contribution in [1.29, 1.82) is 0 Å². The van der Waals surface area contributed by atoms with Crippen LogP contribution in [0.3, 0.4) is 0 Å². The monoisotopic (exact) mass is 275 g/mol. The second-order valence-electron chi connectivity index (χ2n) is 4.23. The van der Waals surface area contributed by atoms with E-state index in [-0.39, 0.29) is 5.69 Å². The highest BCUT2D eigenvalue weighted by Crippen LogP contribution is 2.28. The maximum atomic E-state index is 11.0. The quantitative estimate of drug-likeness (QED) is 0.755. The van der Waals surface area contributed by atoms with Crippen molar-refractivity contribution in [2.24, 2.45) is 7.05 Å². The number of aromatic carboxylic acids is 1. The van der Waals surface area contributed by atoms with Gasteiger partial charge in [-0.1, -0.05) is 17.7 Å². The van der Waals surface area contributed by atoms with E-state index < -0.39 is 5.97 Å². The minimum atomic E-state index is -1.00. The molecule has 96 valence electrons. The highest BCUT2D eigenvalue weighted by atomic mass is 35.5. The van der Waals surface area contributed by atoms with Crippen LogP contribution in [0, 0.1) is 0 Å². The van der Waals surface area contributed by atoms with Gasteiger partial charge in [-0.15, -0.1) is 0 Å². The number of aromatic amines is 1. The van der Waals surface area contributed by atoms with E-state index in [4.69, 9.17) is 16.7 Å². The minimum absolute atomic E-state index is 0.139. The SMILES string of the molecule is Cn1nc(-c2cc3c(Cl)cccc3[nH]2)cc1C(=O)O. The molecule has 3 rings (SSSR count). The van der Waals surface area contributed by atoms with Gasteiger partial charge in [-0.3, -0.25) is 4.68 Å². The van der Waals surface area contributed by atoms with Crippen molar-refractivity contribution in [2.45, 2.75) is 0 Å². The van der Waals surface area contributed by atoms with Crippen LogP contribution >= 0.6 is 11.6 Å². The number of H-pyrrole nitrogens is 1. The van der Waals surface area contributed by atoms with Gasteiger partial charge in [0.2, 0.25) is 0 Å². The van der Waals surface area contributed by atoms with Gasteiger partial charge in [-0.25, -0.2) is 4.79 Å². The number of hydrogen-bond acceptors (Lipinski definition) is 2. The van der Waals surface area contributed by atoms with E-state index in [2.05, 4.69) is 10.1 Å². The molecule has 0 saturated carbocycles. The van der Waals surface area contributed by atoms with Crippen LogP contribution in [0.5, 0.6) is 0 Å². The van der Waals surface area contributed by atoms with E-state index >= 15 is 0 Å². The van der Waals surface area contributed by atoms with Crippen molar-refractivity contribution < 1.29 is 9.90 Å². The van der Waals surface area contributed by atoms with Gasteiger partial charge in [-0.2, -0.15) is 5.10 Å². The molecule has 3 aromatic rings. The Morgan fingerprint density at radius 3 is 2.84 bits per heavy atom. The Balaban J connectivity index is 2.17. The summed E-state index contributed by atoms with van der Waals surface area (Å²) < 4.78 is 1.34. The molecule has 0 aliphatic heterocycles. The molecule has 0 spiro atoms. The van der Waals surface area contributed by atoms with Crippen LogP contribution in [-0.2, 0) is 7.05 Å². The standard InChI is InChI=1S/C13H10ClN3O2/c1-17-12(13(18)19)6-11(16-17)10-5-7-8(14)3-2-4-9(7)15-10/h2-6,15H,1H3,(H,18,19). The second kappa shape index (κ2) is 4.13. The lowest BCUT2D eigenvalue weighted by atomic mass is 10.2. The second-order valence-corrected chi connectivity index (χ2v) is 4.63. The highest BCUT2D eigenvalue weighted by molar-refractivity contribution is 6.35. The molecule has 2 heterocycles. The van der Waals surface area contributed by atoms with Crippen LogP contribution in [0.4, 0.5) is 0 Å². The largest absolute Gasteiger partial charge is 0.477 e. The number of benzene rings is 1. The minimum Gasteiger partial charge on any atom is -0.477 e. The van der Waals surface area contributed by atoms with Crippen LogP contribution < -0.4 is 0 Å². The zero-order valence-electron chi connectivity index (χ0n) is 10.0. The summed E-state index contributed by atoms with van der Waals surface area (Å²) in [5.74, 6) is -1.00. The predicted octanol–water partition coefficient (Wildman–Crippen LogP) is 2.92. The average Bonchev–Trinajstić information content (AvgIpc) is 2.93. The number of fused-ring (bicyclic) bond motifs is 1. The fraction of sp³-hybridized carbons (Fsp3) is 0.0769. The molecule has 5 nitrogen and oxygen atoms in total. The number of aromatic nitrogens is 3. The Labute approximate surface area is 113 Å². The van der Waals surface area contributed by atoms with Gasteiger partial charge in [0.25, 0.3) is 0 Å². The first-order valence-electron chi connectivity index (χ1n) is 5.61. The lowest BCUT2D eigenvalue weighted by Crippen LogP contribution is -2.04. The highest BCUT2D eigenvalue weighted by Gasteiger charge is 2.14. The zero-order valence-corrected chi connectivity index (χ0v) is 10.8. The molecule has 0 bridgehead atoms. The summed E-state index contributed by atoms with van der Waals surface area (Å²) in [6.07, 6.45) is 0. The zero-order chi connectivity index (χ0) is 13.6. The third-order valence-corrected chi connectivity index (χ3v) is 3.32. The molecule has 0 saturated heterocycles. The molecule has 0 aliphatic rings. The van der Waals surface area contributed by atoms with E-state index in [1.165, 1.54) is 10.7 Å². The van der Waals surface area contributed by atoms with Gasteiger partial charge in [0.1, 0.15) is 11.4 Å². The lowest BCUT2D eigenvalue weighted by Gasteiger charge is -1.91. The molecule has 0 aliphatic carbocycles. The number of nitrogens with zero attached hydrogens (tertiary/aromatic N) is 2. The van der Waals surface area contributed by atoms with Crippen molar-refractivity contribution in [3.8, 4) is 11.4 Å². The predicted molar refractivity (Wildman–Crippen MR) is 72.5 cm³/mol. The summed E-state index contributed by atoms with van der Waals surface area (Å²) in [7, 11) is 1.60. The third-order valence-electron chi connectivity index (χ3n) is 2.99. The van der Waals surface area contributed by atoms with E-state index in [1.807, 2.05) is 24.3 Å². The molecule has 0 amide bonds. The average molecular weight is 276 g/mol. The summed E-state index contributed by atoms with van der Waals surface area (Å²) in [4.78, 5) is 14.2. The summed E-state index contributed by atoms with van der Waals surface area (Å²) in [6.45, 7) is 0. The van der Waals surface area contributed by atoms with Gasteiger partial charge >= 0.3 is 5.97 Å². The molecule has 19 heavy (non-hydrogen) atoms. The fourth-order valence-electron chi connectivity index (χ4n) is 2.06. The third kappa shape index (κ3) is 1.88. The van der Waals surface area contributed by atoms with Crippen molar-refractivity contribution >= 4 is 28.5 Å². The molecule has 0 unspecified atom stereocenters. The van der Waals surface area contributed by atoms with Crippen LogP contribution in [0.2, 0.25) is 5.02 Å². The first kappa shape index (κ1) is 11.8. The van der Waals surface area contributed by atoms with Crippen LogP contribution in [0.1, 0.15) is 10.5 Å². The number of carboxylic acid groups (broad SMARTS) is 1. The number of aryl methyl sites for hydroxylation is 1. The molecule has 0 atom stereocenters. The summed E-state index contributed by atoms with van der Waals surface area (Å²) >= 11 is 6.11. The topological polar surface area (TPSA) is 70.9 Å². The molecule has 0 fully saturated rings. The summed E-state index contributed by atoms with van der Waals surface area (Å²) in [5, 5.41) is 14.7. The van der Waals surface area contributed by atoms with Crippen LogP contribution in [-0.4, -0.2) is 25.8 Å². The Hall–Kier alpha value is -2.27. The molecule has 1 aromatic carbocycles. The van der Waals surface area contributed by atoms with E-state index in [0.717, 1.165) is 16.6 Å². The molecular formula is C13H10ClN3O2.